The van der Waals surface area contributed by atoms with Crippen molar-refractivity contribution >= 4 is 0 Å². The largest absolute Gasteiger partial charge is 0.350 e. The van der Waals surface area contributed by atoms with Crippen molar-refractivity contribution in [1.29, 1.82) is 0 Å². The lowest BCUT2D eigenvalue weighted by Gasteiger charge is -1.94. The Morgan fingerprint density at radius 2 is 2.45 bits per heavy atom. The molecule has 1 aromatic rings. The topological polar surface area (TPSA) is 30.9 Å². The van der Waals surface area contributed by atoms with Gasteiger partial charge in [0.25, 0.3) is 0 Å². The number of aromatic nitrogens is 1. The molecule has 0 aliphatic carbocycles. The molecule has 1 aromatic heterocycles. The fourth-order valence-corrected chi connectivity index (χ4v) is 1.07. The minimum Gasteiger partial charge on any atom is -0.350 e. The first kappa shape index (κ1) is 8.08. The highest BCUT2D eigenvalue weighted by Crippen LogP contribution is 2.01. The lowest BCUT2D eigenvalue weighted by atomic mass is 10.2. The molecular formula is C9H14N2. The summed E-state index contributed by atoms with van der Waals surface area (Å²) < 4.78 is 2.10. The van der Waals surface area contributed by atoms with Crippen molar-refractivity contribution in [2.45, 2.75) is 13.0 Å². The average molecular weight is 150 g/mol. The van der Waals surface area contributed by atoms with Gasteiger partial charge in [0.1, 0.15) is 0 Å². The van der Waals surface area contributed by atoms with Gasteiger partial charge in [-0.25, -0.2) is 0 Å². The summed E-state index contributed by atoms with van der Waals surface area (Å²) in [6.07, 6.45) is 7.00. The Morgan fingerprint density at radius 1 is 1.64 bits per heavy atom. The van der Waals surface area contributed by atoms with Crippen molar-refractivity contribution in [3.05, 3.63) is 36.7 Å². The van der Waals surface area contributed by atoms with E-state index in [1.54, 1.807) is 0 Å². The summed E-state index contributed by atoms with van der Waals surface area (Å²) in [6.45, 7) is 5.27. The van der Waals surface area contributed by atoms with Gasteiger partial charge in [0, 0.05) is 18.9 Å². The van der Waals surface area contributed by atoms with Gasteiger partial charge in [-0.05, 0) is 24.6 Å². The van der Waals surface area contributed by atoms with Gasteiger partial charge >= 0.3 is 0 Å². The second kappa shape index (κ2) is 3.98. The molecule has 0 bridgehead atoms. The fraction of sp³-hybridized carbons (Fsp3) is 0.333. The van der Waals surface area contributed by atoms with Gasteiger partial charge in [0.15, 0.2) is 0 Å². The Balaban J connectivity index is 2.57. The summed E-state index contributed by atoms with van der Waals surface area (Å²) in [5.74, 6) is 0. The van der Waals surface area contributed by atoms with Crippen LogP contribution in [0.15, 0.2) is 31.1 Å². The maximum Gasteiger partial charge on any atom is 0.0397 e. The molecule has 0 atom stereocenters. The van der Waals surface area contributed by atoms with Gasteiger partial charge in [-0.15, -0.1) is 6.58 Å². The summed E-state index contributed by atoms with van der Waals surface area (Å²) in [7, 11) is 0. The minimum absolute atomic E-state index is 0.720. The van der Waals surface area contributed by atoms with Gasteiger partial charge in [0.2, 0.25) is 0 Å². The van der Waals surface area contributed by atoms with Crippen LogP contribution in [0.5, 0.6) is 0 Å². The minimum atomic E-state index is 0.720. The van der Waals surface area contributed by atoms with Crippen LogP contribution in [0.25, 0.3) is 0 Å². The van der Waals surface area contributed by atoms with Crippen LogP contribution in [-0.4, -0.2) is 11.1 Å². The predicted octanol–water partition coefficient (Wildman–Crippen LogP) is 1.18. The van der Waals surface area contributed by atoms with Gasteiger partial charge in [-0.3, -0.25) is 0 Å². The van der Waals surface area contributed by atoms with Crippen molar-refractivity contribution in [1.82, 2.24) is 4.57 Å². The van der Waals surface area contributed by atoms with E-state index in [1.165, 1.54) is 5.56 Å². The van der Waals surface area contributed by atoms with E-state index in [0.29, 0.717) is 0 Å². The van der Waals surface area contributed by atoms with Crippen LogP contribution in [0.3, 0.4) is 0 Å². The van der Waals surface area contributed by atoms with Gasteiger partial charge in [0.05, 0.1) is 0 Å². The van der Waals surface area contributed by atoms with Crippen molar-refractivity contribution < 1.29 is 0 Å². The molecule has 0 saturated carbocycles. The molecule has 0 aliphatic heterocycles. The van der Waals surface area contributed by atoms with E-state index in [4.69, 9.17) is 5.73 Å². The second-order valence-corrected chi connectivity index (χ2v) is 2.54. The van der Waals surface area contributed by atoms with E-state index in [0.717, 1.165) is 19.5 Å². The van der Waals surface area contributed by atoms with Crippen molar-refractivity contribution in [3.63, 3.8) is 0 Å². The normalized spacial score (nSPS) is 9.91. The Kier molecular flexibility index (Phi) is 2.93. The molecule has 2 N–H and O–H groups in total. The van der Waals surface area contributed by atoms with Crippen molar-refractivity contribution in [2.75, 3.05) is 6.54 Å². The number of rotatable bonds is 4. The predicted molar refractivity (Wildman–Crippen MR) is 47.4 cm³/mol. The molecule has 0 aromatic carbocycles. The standard InChI is InChI=1S/C9H14N2/c1-2-6-11-7-4-9(8-11)3-5-10/h2,4,7-8H,1,3,5-6,10H2. The van der Waals surface area contributed by atoms with Crippen LogP contribution in [0.4, 0.5) is 0 Å². The van der Waals surface area contributed by atoms with E-state index < -0.39 is 0 Å². The summed E-state index contributed by atoms with van der Waals surface area (Å²) >= 11 is 0. The number of allylic oxidation sites excluding steroid dienone is 1. The highest BCUT2D eigenvalue weighted by molar-refractivity contribution is 5.10. The van der Waals surface area contributed by atoms with E-state index >= 15 is 0 Å². The Morgan fingerprint density at radius 3 is 3.09 bits per heavy atom. The highest BCUT2D eigenvalue weighted by Gasteiger charge is 1.92. The van der Waals surface area contributed by atoms with Gasteiger partial charge < -0.3 is 10.3 Å². The maximum absolute atomic E-state index is 5.41. The smallest absolute Gasteiger partial charge is 0.0397 e. The van der Waals surface area contributed by atoms with Crippen LogP contribution in [0.1, 0.15) is 5.56 Å². The van der Waals surface area contributed by atoms with Crippen LogP contribution < -0.4 is 5.73 Å². The molecular weight excluding hydrogens is 136 g/mol. The zero-order chi connectivity index (χ0) is 8.10. The zero-order valence-corrected chi connectivity index (χ0v) is 6.66. The molecule has 2 nitrogen and oxygen atoms in total. The molecule has 0 radical (unpaired) electrons. The van der Waals surface area contributed by atoms with Crippen LogP contribution in [0, 0.1) is 0 Å². The molecule has 0 amide bonds. The van der Waals surface area contributed by atoms with Crippen LogP contribution in [-0.2, 0) is 13.0 Å². The van der Waals surface area contributed by atoms with E-state index in [9.17, 15) is 0 Å². The second-order valence-electron chi connectivity index (χ2n) is 2.54. The average Bonchev–Trinajstić information content (AvgIpc) is 2.38. The first-order chi connectivity index (χ1) is 5.36. The Bertz CT molecular complexity index is 225. The third-order valence-electron chi connectivity index (χ3n) is 1.58. The summed E-state index contributed by atoms with van der Waals surface area (Å²) in [5.41, 5.74) is 6.71. The highest BCUT2D eigenvalue weighted by atomic mass is 14.9. The molecule has 2 heteroatoms. The molecule has 1 heterocycles. The van der Waals surface area contributed by atoms with E-state index in [-0.39, 0.29) is 0 Å². The molecule has 0 spiro atoms. The SMILES string of the molecule is C=CCn1ccc(CCN)c1. The van der Waals surface area contributed by atoms with Crippen LogP contribution in [0.2, 0.25) is 0 Å². The molecule has 0 saturated heterocycles. The first-order valence-electron chi connectivity index (χ1n) is 3.82. The molecule has 0 aliphatic rings. The number of nitrogens with zero attached hydrogens (tertiary/aromatic N) is 1. The molecule has 1 rings (SSSR count). The number of hydrogen-bond donors (Lipinski definition) is 1. The quantitative estimate of drug-likeness (QED) is 0.642. The Labute approximate surface area is 67.3 Å². The van der Waals surface area contributed by atoms with Crippen molar-refractivity contribution in [2.24, 2.45) is 5.73 Å². The lowest BCUT2D eigenvalue weighted by Crippen LogP contribution is -2.01. The van der Waals surface area contributed by atoms with Gasteiger partial charge in [-0.2, -0.15) is 0 Å². The molecule has 0 unspecified atom stereocenters. The van der Waals surface area contributed by atoms with Crippen LogP contribution >= 0.6 is 0 Å². The first-order valence-corrected chi connectivity index (χ1v) is 3.82. The van der Waals surface area contributed by atoms with Gasteiger partial charge in [-0.1, -0.05) is 6.08 Å². The lowest BCUT2D eigenvalue weighted by molar-refractivity contribution is 0.824. The number of hydrogen-bond acceptors (Lipinski definition) is 1. The molecule has 0 fully saturated rings. The van der Waals surface area contributed by atoms with E-state index in [1.807, 2.05) is 12.3 Å². The maximum atomic E-state index is 5.41. The fourth-order valence-electron chi connectivity index (χ4n) is 1.07. The van der Waals surface area contributed by atoms with Crippen molar-refractivity contribution in [3.8, 4) is 0 Å². The zero-order valence-electron chi connectivity index (χ0n) is 6.66. The summed E-state index contributed by atoms with van der Waals surface area (Å²) in [5, 5.41) is 0. The molecule has 11 heavy (non-hydrogen) atoms. The molecule has 60 valence electrons. The van der Waals surface area contributed by atoms with E-state index in [2.05, 4.69) is 23.4 Å². The third kappa shape index (κ3) is 2.24. The summed E-state index contributed by atoms with van der Waals surface area (Å²) in [6, 6.07) is 2.09. The number of nitrogens with two attached hydrogens (primary N) is 1. The summed E-state index contributed by atoms with van der Waals surface area (Å²) in [4.78, 5) is 0. The third-order valence-corrected chi connectivity index (χ3v) is 1.58. The monoisotopic (exact) mass is 150 g/mol. The Hall–Kier alpha value is -1.02.